The number of ether oxygens (including phenoxy) is 2. The van der Waals surface area contributed by atoms with E-state index in [-0.39, 0.29) is 25.0 Å². The molecule has 0 spiro atoms. The summed E-state index contributed by atoms with van der Waals surface area (Å²) in [6.45, 7) is 2.01. The number of amides is 1. The van der Waals surface area contributed by atoms with Crippen LogP contribution in [0.5, 0.6) is 5.75 Å². The topological polar surface area (TPSA) is 104 Å². The van der Waals surface area contributed by atoms with Crippen LogP contribution in [-0.2, 0) is 11.3 Å². The maximum atomic E-state index is 12.9. The number of para-hydroxylation sites is 1. The van der Waals surface area contributed by atoms with Gasteiger partial charge in [-0.2, -0.15) is 4.98 Å². The van der Waals surface area contributed by atoms with Gasteiger partial charge in [0.1, 0.15) is 5.75 Å². The lowest BCUT2D eigenvalue weighted by Crippen LogP contribution is -2.14. The smallest absolute Gasteiger partial charge is 0.338 e. The summed E-state index contributed by atoms with van der Waals surface area (Å²) in [4.78, 5) is 29.2. The van der Waals surface area contributed by atoms with E-state index in [1.54, 1.807) is 55.5 Å². The quantitative estimate of drug-likeness (QED) is 0.392. The summed E-state index contributed by atoms with van der Waals surface area (Å²) in [7, 11) is 0. The molecule has 1 N–H and O–H groups in total. The Morgan fingerprint density at radius 1 is 0.970 bits per heavy atom. The fourth-order valence-corrected chi connectivity index (χ4v) is 3.07. The van der Waals surface area contributed by atoms with Gasteiger partial charge < -0.3 is 19.3 Å². The van der Waals surface area contributed by atoms with Gasteiger partial charge in [-0.05, 0) is 37.3 Å². The maximum Gasteiger partial charge on any atom is 0.338 e. The summed E-state index contributed by atoms with van der Waals surface area (Å²) in [5, 5.41) is 6.75. The van der Waals surface area contributed by atoms with Crippen LogP contribution >= 0.6 is 0 Å². The molecule has 0 saturated heterocycles. The molecule has 1 heterocycles. The molecule has 1 amide bonds. The second-order valence-electron chi connectivity index (χ2n) is 6.92. The third-order valence-corrected chi connectivity index (χ3v) is 4.61. The van der Waals surface area contributed by atoms with Gasteiger partial charge >= 0.3 is 5.97 Å². The molecule has 3 aromatic carbocycles. The lowest BCUT2D eigenvalue weighted by atomic mass is 10.1. The van der Waals surface area contributed by atoms with Gasteiger partial charge in [-0.25, -0.2) is 4.79 Å². The Kier molecular flexibility index (Phi) is 6.75. The van der Waals surface area contributed by atoms with Crippen LogP contribution in [-0.4, -0.2) is 28.6 Å². The van der Waals surface area contributed by atoms with Crippen molar-refractivity contribution in [3.63, 3.8) is 0 Å². The van der Waals surface area contributed by atoms with Crippen LogP contribution in [0.2, 0.25) is 0 Å². The predicted molar refractivity (Wildman–Crippen MR) is 121 cm³/mol. The average molecular weight is 443 g/mol. The lowest BCUT2D eigenvalue weighted by molar-refractivity contribution is 0.0526. The van der Waals surface area contributed by atoms with Crippen LogP contribution in [0, 0.1) is 0 Å². The van der Waals surface area contributed by atoms with Crippen LogP contribution in [0.4, 0.5) is 5.69 Å². The molecule has 0 saturated carbocycles. The van der Waals surface area contributed by atoms with Gasteiger partial charge in [0.15, 0.2) is 6.61 Å². The molecule has 0 aliphatic heterocycles. The molecule has 0 fully saturated rings. The van der Waals surface area contributed by atoms with Gasteiger partial charge in [-0.3, -0.25) is 4.79 Å². The number of aromatic nitrogens is 2. The van der Waals surface area contributed by atoms with Gasteiger partial charge in [-0.15, -0.1) is 0 Å². The summed E-state index contributed by atoms with van der Waals surface area (Å²) in [5.74, 6) is 0.262. The molecule has 1 aromatic heterocycles. The number of hydrogen-bond donors (Lipinski definition) is 1. The van der Waals surface area contributed by atoms with Crippen molar-refractivity contribution >= 4 is 17.6 Å². The minimum Gasteiger partial charge on any atom is -0.483 e. The van der Waals surface area contributed by atoms with Crippen molar-refractivity contribution < 1.29 is 23.6 Å². The third-order valence-electron chi connectivity index (χ3n) is 4.61. The Bertz CT molecular complexity index is 1250. The van der Waals surface area contributed by atoms with Crippen molar-refractivity contribution in [2.45, 2.75) is 13.5 Å². The highest BCUT2D eigenvalue weighted by atomic mass is 16.5. The van der Waals surface area contributed by atoms with Crippen molar-refractivity contribution in [1.82, 2.24) is 10.1 Å². The number of rotatable bonds is 8. The predicted octanol–water partition coefficient (Wildman–Crippen LogP) is 4.74. The normalized spacial score (nSPS) is 10.5. The molecular formula is C25H21N3O5. The largest absolute Gasteiger partial charge is 0.483 e. The number of benzene rings is 3. The first-order chi connectivity index (χ1) is 16.1. The molecule has 8 heteroatoms. The Morgan fingerprint density at radius 3 is 2.58 bits per heavy atom. The van der Waals surface area contributed by atoms with Gasteiger partial charge in [-0.1, -0.05) is 53.7 Å². The molecular weight excluding hydrogens is 422 g/mol. The van der Waals surface area contributed by atoms with E-state index in [0.29, 0.717) is 28.4 Å². The molecule has 0 aliphatic carbocycles. The van der Waals surface area contributed by atoms with Crippen LogP contribution < -0.4 is 10.1 Å². The number of esters is 1. The average Bonchev–Trinajstić information content (AvgIpc) is 3.33. The summed E-state index contributed by atoms with van der Waals surface area (Å²) in [6, 6.07) is 22.8. The Hall–Kier alpha value is -4.46. The van der Waals surface area contributed by atoms with E-state index < -0.39 is 5.97 Å². The number of carbonyl (C=O) groups excluding carboxylic acids is 2. The monoisotopic (exact) mass is 443 g/mol. The highest BCUT2D eigenvalue weighted by Crippen LogP contribution is 2.22. The molecule has 0 atom stereocenters. The summed E-state index contributed by atoms with van der Waals surface area (Å²) >= 11 is 0. The van der Waals surface area contributed by atoms with Crippen molar-refractivity contribution in [2.75, 3.05) is 11.9 Å². The molecule has 0 radical (unpaired) electrons. The Morgan fingerprint density at radius 2 is 1.76 bits per heavy atom. The maximum absolute atomic E-state index is 12.9. The number of nitrogens with zero attached hydrogens (tertiary/aromatic N) is 2. The Balaban J connectivity index is 1.44. The third kappa shape index (κ3) is 5.43. The highest BCUT2D eigenvalue weighted by Gasteiger charge is 2.15. The van der Waals surface area contributed by atoms with E-state index in [0.717, 1.165) is 5.56 Å². The first-order valence-corrected chi connectivity index (χ1v) is 10.3. The summed E-state index contributed by atoms with van der Waals surface area (Å²) in [5.41, 5.74) is 1.97. The molecule has 0 bridgehead atoms. The number of anilines is 1. The van der Waals surface area contributed by atoms with E-state index in [2.05, 4.69) is 15.5 Å². The van der Waals surface area contributed by atoms with Crippen molar-refractivity contribution in [1.29, 1.82) is 0 Å². The molecule has 33 heavy (non-hydrogen) atoms. The highest BCUT2D eigenvalue weighted by molar-refractivity contribution is 6.06. The lowest BCUT2D eigenvalue weighted by Gasteiger charge is -2.11. The van der Waals surface area contributed by atoms with E-state index >= 15 is 0 Å². The zero-order valence-corrected chi connectivity index (χ0v) is 17.9. The van der Waals surface area contributed by atoms with E-state index in [1.165, 1.54) is 0 Å². The minimum absolute atomic E-state index is 0.00245. The number of hydrogen-bond acceptors (Lipinski definition) is 7. The summed E-state index contributed by atoms with van der Waals surface area (Å²) in [6.07, 6.45) is 0. The first kappa shape index (κ1) is 21.8. The molecule has 4 rings (SSSR count). The van der Waals surface area contributed by atoms with Crippen molar-refractivity contribution in [2.24, 2.45) is 0 Å². The van der Waals surface area contributed by atoms with Gasteiger partial charge in [0.25, 0.3) is 11.8 Å². The second-order valence-corrected chi connectivity index (χ2v) is 6.92. The molecule has 166 valence electrons. The van der Waals surface area contributed by atoms with Gasteiger partial charge in [0.2, 0.25) is 5.82 Å². The molecule has 4 aromatic rings. The van der Waals surface area contributed by atoms with Crippen LogP contribution in [0.25, 0.3) is 11.4 Å². The fourth-order valence-electron chi connectivity index (χ4n) is 3.07. The second kappa shape index (κ2) is 10.2. The minimum atomic E-state index is -0.452. The van der Waals surface area contributed by atoms with Crippen molar-refractivity contribution in [3.05, 3.63) is 95.9 Å². The first-order valence-electron chi connectivity index (χ1n) is 10.3. The number of carbonyl (C=O) groups is 2. The van der Waals surface area contributed by atoms with Crippen molar-refractivity contribution in [3.8, 4) is 17.1 Å². The van der Waals surface area contributed by atoms with Gasteiger partial charge in [0.05, 0.1) is 17.7 Å². The molecule has 0 unspecified atom stereocenters. The zero-order chi connectivity index (χ0) is 23.0. The van der Waals surface area contributed by atoms with Crippen LogP contribution in [0.3, 0.4) is 0 Å². The zero-order valence-electron chi connectivity index (χ0n) is 17.9. The molecule has 8 nitrogen and oxygen atoms in total. The SMILES string of the molecule is CCOC(=O)c1cccc(NC(=O)c2ccccc2OCc2nc(-c3ccccc3)no2)c1. The summed E-state index contributed by atoms with van der Waals surface area (Å²) < 4.78 is 16.1. The van der Waals surface area contributed by atoms with Gasteiger partial charge in [0, 0.05) is 11.3 Å². The van der Waals surface area contributed by atoms with E-state index in [4.69, 9.17) is 14.0 Å². The molecule has 0 aliphatic rings. The standard InChI is InChI=1S/C25H21N3O5/c1-2-31-25(30)18-11-8-12-19(15-18)26-24(29)20-13-6-7-14-21(20)32-16-22-27-23(28-33-22)17-9-4-3-5-10-17/h3-15H,2,16H2,1H3,(H,26,29). The van der Waals surface area contributed by atoms with E-state index in [1.807, 2.05) is 30.3 Å². The fraction of sp³-hybridized carbons (Fsp3) is 0.120. The van der Waals surface area contributed by atoms with Crippen LogP contribution in [0.15, 0.2) is 83.4 Å². The van der Waals surface area contributed by atoms with E-state index in [9.17, 15) is 9.59 Å². The Labute approximate surface area is 190 Å². The van der Waals surface area contributed by atoms with Crippen LogP contribution in [0.1, 0.15) is 33.5 Å². The number of nitrogens with one attached hydrogen (secondary N) is 1.